The molecule has 9 nitrogen and oxygen atoms in total. The van der Waals surface area contributed by atoms with Crippen LogP contribution in [0.25, 0.3) is 0 Å². The first-order valence-corrected chi connectivity index (χ1v) is 13.2. The molecule has 1 aliphatic carbocycles. The van der Waals surface area contributed by atoms with Gasteiger partial charge >= 0.3 is 6.03 Å². The molecule has 3 N–H and O–H groups in total. The fourth-order valence-corrected chi connectivity index (χ4v) is 6.27. The zero-order chi connectivity index (χ0) is 23.5. The highest BCUT2D eigenvalue weighted by Gasteiger charge is 2.51. The fraction of sp³-hybridized carbons (Fsp3) is 0.409. The number of anilines is 1. The number of sulfonamides is 1. The van der Waals surface area contributed by atoms with Crippen molar-refractivity contribution in [3.8, 4) is 0 Å². The predicted molar refractivity (Wildman–Crippen MR) is 124 cm³/mol. The van der Waals surface area contributed by atoms with E-state index < -0.39 is 15.6 Å². The van der Waals surface area contributed by atoms with Gasteiger partial charge in [0.1, 0.15) is 9.75 Å². The van der Waals surface area contributed by atoms with E-state index in [1.165, 1.54) is 11.0 Å². The largest absolute Gasteiger partial charge is 0.356 e. The summed E-state index contributed by atoms with van der Waals surface area (Å²) >= 11 is 1.14. The maximum absolute atomic E-state index is 12.6. The zero-order valence-corrected chi connectivity index (χ0v) is 19.6. The average molecular weight is 491 g/mol. The lowest BCUT2D eigenvalue weighted by Gasteiger charge is -2.20. The number of amides is 4. The van der Waals surface area contributed by atoms with Crippen molar-refractivity contribution in [1.29, 1.82) is 0 Å². The number of nitrogens with zero attached hydrogens (tertiary/aromatic N) is 1. The molecule has 1 spiro atoms. The molecule has 2 fully saturated rings. The van der Waals surface area contributed by atoms with Crippen LogP contribution in [0.3, 0.4) is 0 Å². The van der Waals surface area contributed by atoms with Gasteiger partial charge in [-0.15, -0.1) is 11.3 Å². The summed E-state index contributed by atoms with van der Waals surface area (Å²) in [7, 11) is -3.61. The van der Waals surface area contributed by atoms with Crippen LogP contribution >= 0.6 is 11.3 Å². The van der Waals surface area contributed by atoms with Crippen LogP contribution in [0.4, 0.5) is 10.5 Å². The topological polar surface area (TPSA) is 125 Å². The van der Waals surface area contributed by atoms with Gasteiger partial charge < -0.3 is 10.6 Å². The van der Waals surface area contributed by atoms with Crippen molar-refractivity contribution in [2.75, 3.05) is 17.8 Å². The standard InChI is InChI=1S/C22H26N4O5S2/c27-18(23-12-4-13-26-20(28)22(24-21(26)29)10-1-2-11-22)15-16-6-8-17(9-7-16)25-33(30,31)19-5-3-14-32-19/h3,5-9,14,25H,1-2,4,10-13,15H2,(H,23,27)(H,24,29). The third-order valence-corrected chi connectivity index (χ3v) is 8.69. The Morgan fingerprint density at radius 2 is 1.85 bits per heavy atom. The lowest BCUT2D eigenvalue weighted by atomic mass is 9.98. The highest BCUT2D eigenvalue weighted by atomic mass is 32.2. The lowest BCUT2D eigenvalue weighted by molar-refractivity contribution is -0.131. The highest BCUT2D eigenvalue weighted by molar-refractivity contribution is 7.94. The number of thiophene rings is 1. The van der Waals surface area contributed by atoms with Crippen molar-refractivity contribution in [3.05, 3.63) is 47.3 Å². The van der Waals surface area contributed by atoms with Crippen LogP contribution in [0.1, 0.15) is 37.7 Å². The monoisotopic (exact) mass is 490 g/mol. The summed E-state index contributed by atoms with van der Waals surface area (Å²) < 4.78 is 27.3. The summed E-state index contributed by atoms with van der Waals surface area (Å²) in [6.07, 6.45) is 3.89. The molecular formula is C22H26N4O5S2. The van der Waals surface area contributed by atoms with E-state index >= 15 is 0 Å². The Balaban J connectivity index is 1.20. The van der Waals surface area contributed by atoms with Gasteiger partial charge in [0, 0.05) is 18.8 Å². The molecule has 0 bridgehead atoms. The number of carbonyl (C=O) groups excluding carboxylic acids is 3. The molecule has 2 aromatic rings. The highest BCUT2D eigenvalue weighted by Crippen LogP contribution is 2.35. The number of rotatable bonds is 9. The molecular weight excluding hydrogens is 464 g/mol. The summed E-state index contributed by atoms with van der Waals surface area (Å²) in [4.78, 5) is 38.3. The molecule has 176 valence electrons. The second kappa shape index (κ2) is 9.52. The van der Waals surface area contributed by atoms with Crippen molar-refractivity contribution in [2.45, 2.75) is 48.3 Å². The molecule has 1 saturated carbocycles. The van der Waals surface area contributed by atoms with Crippen molar-refractivity contribution < 1.29 is 22.8 Å². The molecule has 0 radical (unpaired) electrons. The molecule has 4 amide bonds. The first-order valence-electron chi connectivity index (χ1n) is 10.9. The van der Waals surface area contributed by atoms with E-state index in [9.17, 15) is 22.8 Å². The quantitative estimate of drug-likeness (QED) is 0.368. The minimum atomic E-state index is -3.61. The van der Waals surface area contributed by atoms with Gasteiger partial charge in [-0.05, 0) is 48.4 Å². The van der Waals surface area contributed by atoms with Crippen LogP contribution in [0.2, 0.25) is 0 Å². The molecule has 11 heteroatoms. The van der Waals surface area contributed by atoms with E-state index in [2.05, 4.69) is 15.4 Å². The third-order valence-electron chi connectivity index (χ3n) is 5.91. The normalized spacial score (nSPS) is 17.4. The maximum atomic E-state index is 12.6. The van der Waals surface area contributed by atoms with E-state index in [-0.39, 0.29) is 35.0 Å². The van der Waals surface area contributed by atoms with Gasteiger partial charge in [-0.2, -0.15) is 0 Å². The number of benzene rings is 1. The van der Waals surface area contributed by atoms with Crippen molar-refractivity contribution in [1.82, 2.24) is 15.5 Å². The second-order valence-corrected chi connectivity index (χ2v) is 11.1. The lowest BCUT2D eigenvalue weighted by Crippen LogP contribution is -2.44. The molecule has 0 unspecified atom stereocenters. The number of hydrogen-bond acceptors (Lipinski definition) is 6. The van der Waals surface area contributed by atoms with Crippen molar-refractivity contribution in [3.63, 3.8) is 0 Å². The zero-order valence-electron chi connectivity index (χ0n) is 18.0. The van der Waals surface area contributed by atoms with Crippen molar-refractivity contribution >= 4 is 44.9 Å². The molecule has 4 rings (SSSR count). The van der Waals surface area contributed by atoms with Crippen LogP contribution < -0.4 is 15.4 Å². The number of imide groups is 1. The van der Waals surface area contributed by atoms with Gasteiger partial charge in [0.15, 0.2) is 0 Å². The number of nitrogens with one attached hydrogen (secondary N) is 3. The minimum absolute atomic E-state index is 0.143. The molecule has 1 aromatic heterocycles. The summed E-state index contributed by atoms with van der Waals surface area (Å²) in [5.41, 5.74) is 0.453. The summed E-state index contributed by atoms with van der Waals surface area (Å²) in [5.74, 6) is -0.336. The van der Waals surface area contributed by atoms with E-state index in [0.29, 0.717) is 31.5 Å². The molecule has 1 saturated heterocycles. The minimum Gasteiger partial charge on any atom is -0.356 e. The molecule has 1 aromatic carbocycles. The summed E-state index contributed by atoms with van der Waals surface area (Å²) in [6.45, 7) is 0.618. The van der Waals surface area contributed by atoms with Crippen LogP contribution in [0.5, 0.6) is 0 Å². The Morgan fingerprint density at radius 1 is 1.12 bits per heavy atom. The van der Waals surface area contributed by atoms with E-state index in [4.69, 9.17) is 0 Å². The van der Waals surface area contributed by atoms with Crippen LogP contribution in [-0.2, 0) is 26.0 Å². The van der Waals surface area contributed by atoms with Crippen molar-refractivity contribution in [2.24, 2.45) is 0 Å². The van der Waals surface area contributed by atoms with E-state index in [1.807, 2.05) is 0 Å². The number of hydrogen-bond donors (Lipinski definition) is 3. The van der Waals surface area contributed by atoms with Gasteiger partial charge in [0.2, 0.25) is 5.91 Å². The average Bonchev–Trinajstić information content (AvgIpc) is 3.51. The van der Waals surface area contributed by atoms with Gasteiger partial charge in [0.25, 0.3) is 15.9 Å². The van der Waals surface area contributed by atoms with Crippen LogP contribution in [0, 0.1) is 0 Å². The van der Waals surface area contributed by atoms with Gasteiger partial charge in [-0.1, -0.05) is 31.0 Å². The second-order valence-electron chi connectivity index (χ2n) is 8.29. The molecule has 0 atom stereocenters. The SMILES string of the molecule is O=C(Cc1ccc(NS(=O)(=O)c2cccs2)cc1)NCCCN1C(=O)NC2(CCCC2)C1=O. The first-order chi connectivity index (χ1) is 15.8. The Kier molecular flexibility index (Phi) is 6.71. The summed E-state index contributed by atoms with van der Waals surface area (Å²) in [5, 5.41) is 7.34. The van der Waals surface area contributed by atoms with Crippen LogP contribution in [0.15, 0.2) is 46.0 Å². The molecule has 33 heavy (non-hydrogen) atoms. The maximum Gasteiger partial charge on any atom is 0.325 e. The molecule has 1 aliphatic heterocycles. The number of urea groups is 1. The Labute approximate surface area is 196 Å². The smallest absolute Gasteiger partial charge is 0.325 e. The Morgan fingerprint density at radius 3 is 2.52 bits per heavy atom. The Bertz CT molecular complexity index is 1120. The van der Waals surface area contributed by atoms with Crippen LogP contribution in [-0.4, -0.2) is 49.8 Å². The van der Waals surface area contributed by atoms with Gasteiger partial charge in [-0.25, -0.2) is 13.2 Å². The number of carbonyl (C=O) groups is 3. The summed E-state index contributed by atoms with van der Waals surface area (Å²) in [6, 6.07) is 9.48. The van der Waals surface area contributed by atoms with Gasteiger partial charge in [0.05, 0.1) is 6.42 Å². The van der Waals surface area contributed by atoms with Gasteiger partial charge in [-0.3, -0.25) is 19.2 Å². The Hall–Kier alpha value is -2.92. The predicted octanol–water partition coefficient (Wildman–Crippen LogP) is 2.46. The third kappa shape index (κ3) is 5.19. The fourth-order valence-electron chi connectivity index (χ4n) is 4.22. The first kappa shape index (κ1) is 23.2. The van der Waals surface area contributed by atoms with E-state index in [1.54, 1.807) is 35.7 Å². The molecule has 2 heterocycles. The van der Waals surface area contributed by atoms with E-state index in [0.717, 1.165) is 29.7 Å². The molecule has 2 aliphatic rings.